The van der Waals surface area contributed by atoms with Crippen LogP contribution in [0.1, 0.15) is 51.9 Å². The van der Waals surface area contributed by atoms with Crippen LogP contribution in [-0.4, -0.2) is 23.0 Å². The lowest BCUT2D eigenvalue weighted by Gasteiger charge is -2.51. The quantitative estimate of drug-likeness (QED) is 0.623. The third-order valence-corrected chi connectivity index (χ3v) is 5.21. The highest BCUT2D eigenvalue weighted by Crippen LogP contribution is 2.46. The summed E-state index contributed by atoms with van der Waals surface area (Å²) in [6.07, 6.45) is 11.7. The van der Waals surface area contributed by atoms with Gasteiger partial charge in [-0.15, -0.1) is 0 Å². The van der Waals surface area contributed by atoms with Gasteiger partial charge >= 0.3 is 0 Å². The van der Waals surface area contributed by atoms with Gasteiger partial charge in [0.25, 0.3) is 0 Å². The number of hydrogen-bond donors (Lipinski definition) is 0. The van der Waals surface area contributed by atoms with Crippen molar-refractivity contribution in [2.24, 2.45) is 0 Å². The number of hydrogen-bond acceptors (Lipinski definition) is 1. The number of nitrogens with zero attached hydrogens (tertiary/aromatic N) is 1. The highest BCUT2D eigenvalue weighted by Gasteiger charge is 2.45. The standard InChI is InChI=1S/C17H25N/c1-13(2)15-6-9-17(12-15)8-4-5-16-11-14(3)7-10-18(16)17/h12,16H,1,3-11H2,2H3/t16-,17-/m1/s1. The summed E-state index contributed by atoms with van der Waals surface area (Å²) < 4.78 is 0. The summed E-state index contributed by atoms with van der Waals surface area (Å²) in [5.74, 6) is 0. The third kappa shape index (κ3) is 1.89. The Bertz CT molecular complexity index is 417. The summed E-state index contributed by atoms with van der Waals surface area (Å²) in [4.78, 5) is 2.81. The maximum atomic E-state index is 4.21. The van der Waals surface area contributed by atoms with Crippen LogP contribution in [0.15, 0.2) is 36.0 Å². The number of fused-ring (bicyclic) bond motifs is 2. The van der Waals surface area contributed by atoms with Crippen LogP contribution in [0.4, 0.5) is 0 Å². The van der Waals surface area contributed by atoms with E-state index in [1.165, 1.54) is 68.2 Å². The van der Waals surface area contributed by atoms with Crippen molar-refractivity contribution in [3.8, 4) is 0 Å². The minimum atomic E-state index is 0.373. The van der Waals surface area contributed by atoms with E-state index in [2.05, 4.69) is 31.1 Å². The lowest BCUT2D eigenvalue weighted by molar-refractivity contribution is 0.0198. The molecule has 0 amide bonds. The normalized spacial score (nSPS) is 36.6. The van der Waals surface area contributed by atoms with Gasteiger partial charge < -0.3 is 0 Å². The summed E-state index contributed by atoms with van der Waals surface area (Å²) in [5.41, 5.74) is 4.63. The predicted octanol–water partition coefficient (Wildman–Crippen LogP) is 4.23. The summed E-state index contributed by atoms with van der Waals surface area (Å²) in [6, 6.07) is 0.765. The summed E-state index contributed by atoms with van der Waals surface area (Å²) in [6.45, 7) is 11.7. The summed E-state index contributed by atoms with van der Waals surface area (Å²) >= 11 is 0. The van der Waals surface area contributed by atoms with Crippen molar-refractivity contribution in [3.63, 3.8) is 0 Å². The minimum absolute atomic E-state index is 0.373. The molecule has 0 bridgehead atoms. The Hall–Kier alpha value is -0.820. The Kier molecular flexibility index (Phi) is 2.97. The first-order valence-electron chi connectivity index (χ1n) is 7.42. The van der Waals surface area contributed by atoms with Crippen molar-refractivity contribution in [2.75, 3.05) is 6.54 Å². The molecule has 0 aromatic heterocycles. The van der Waals surface area contributed by atoms with Gasteiger partial charge in [0, 0.05) is 18.1 Å². The first kappa shape index (κ1) is 12.2. The van der Waals surface area contributed by atoms with Crippen LogP contribution in [0.3, 0.4) is 0 Å². The van der Waals surface area contributed by atoms with Crippen molar-refractivity contribution >= 4 is 0 Å². The Labute approximate surface area is 111 Å². The Morgan fingerprint density at radius 1 is 1.39 bits per heavy atom. The van der Waals surface area contributed by atoms with Crippen LogP contribution >= 0.6 is 0 Å². The number of rotatable bonds is 1. The van der Waals surface area contributed by atoms with Crippen molar-refractivity contribution in [1.29, 1.82) is 0 Å². The van der Waals surface area contributed by atoms with E-state index in [4.69, 9.17) is 0 Å². The number of allylic oxidation sites excluding steroid dienone is 2. The van der Waals surface area contributed by atoms with Gasteiger partial charge in [-0.25, -0.2) is 0 Å². The van der Waals surface area contributed by atoms with Gasteiger partial charge in [0.15, 0.2) is 0 Å². The molecule has 3 aliphatic rings. The van der Waals surface area contributed by atoms with E-state index in [0.29, 0.717) is 5.54 Å². The van der Waals surface area contributed by atoms with E-state index in [1.54, 1.807) is 0 Å². The molecule has 0 saturated carbocycles. The molecule has 2 saturated heterocycles. The highest BCUT2D eigenvalue weighted by molar-refractivity contribution is 5.36. The summed E-state index contributed by atoms with van der Waals surface area (Å²) in [5, 5.41) is 0. The van der Waals surface area contributed by atoms with Gasteiger partial charge in [0.1, 0.15) is 0 Å². The van der Waals surface area contributed by atoms with Crippen LogP contribution in [-0.2, 0) is 0 Å². The number of piperidine rings is 2. The molecule has 0 aromatic carbocycles. The van der Waals surface area contributed by atoms with Crippen LogP contribution in [0, 0.1) is 0 Å². The van der Waals surface area contributed by atoms with Crippen molar-refractivity contribution in [3.05, 3.63) is 36.0 Å². The zero-order valence-electron chi connectivity index (χ0n) is 11.7. The van der Waals surface area contributed by atoms with Gasteiger partial charge in [-0.2, -0.15) is 0 Å². The SMILES string of the molecule is C=C1CCN2[C@H](CCC[C@@]23C=C(C(=C)C)CC3)C1. The average Bonchev–Trinajstić information content (AvgIpc) is 2.74. The fraction of sp³-hybridized carbons (Fsp3) is 0.647. The minimum Gasteiger partial charge on any atom is -0.291 e. The first-order chi connectivity index (χ1) is 8.61. The molecule has 18 heavy (non-hydrogen) atoms. The molecule has 0 N–H and O–H groups in total. The highest BCUT2D eigenvalue weighted by atomic mass is 15.2. The zero-order chi connectivity index (χ0) is 12.8. The molecular formula is C17H25N. The van der Waals surface area contributed by atoms with Gasteiger partial charge in [0.05, 0.1) is 0 Å². The first-order valence-corrected chi connectivity index (χ1v) is 7.42. The fourth-order valence-electron chi connectivity index (χ4n) is 4.22. The Morgan fingerprint density at radius 2 is 2.22 bits per heavy atom. The Morgan fingerprint density at radius 3 is 2.94 bits per heavy atom. The molecule has 2 heterocycles. The lowest BCUT2D eigenvalue weighted by Crippen LogP contribution is -2.56. The molecule has 2 atom stereocenters. The molecule has 1 heteroatoms. The van der Waals surface area contributed by atoms with E-state index in [1.807, 2.05) is 0 Å². The molecule has 2 aliphatic heterocycles. The van der Waals surface area contributed by atoms with E-state index < -0.39 is 0 Å². The maximum absolute atomic E-state index is 4.21. The maximum Gasteiger partial charge on any atom is 0.0403 e. The van der Waals surface area contributed by atoms with Crippen LogP contribution in [0.5, 0.6) is 0 Å². The zero-order valence-corrected chi connectivity index (χ0v) is 11.7. The van der Waals surface area contributed by atoms with E-state index in [0.717, 1.165) is 6.04 Å². The van der Waals surface area contributed by atoms with Gasteiger partial charge in [0.2, 0.25) is 0 Å². The second kappa shape index (κ2) is 4.38. The lowest BCUT2D eigenvalue weighted by atomic mass is 9.78. The molecule has 0 unspecified atom stereocenters. The summed E-state index contributed by atoms with van der Waals surface area (Å²) in [7, 11) is 0. The molecular weight excluding hydrogens is 218 g/mol. The third-order valence-electron chi connectivity index (χ3n) is 5.21. The predicted molar refractivity (Wildman–Crippen MR) is 77.6 cm³/mol. The molecule has 0 aromatic rings. The largest absolute Gasteiger partial charge is 0.291 e. The molecule has 1 aliphatic carbocycles. The van der Waals surface area contributed by atoms with Crippen LogP contribution in [0.25, 0.3) is 0 Å². The van der Waals surface area contributed by atoms with E-state index >= 15 is 0 Å². The molecule has 3 rings (SSSR count). The van der Waals surface area contributed by atoms with Gasteiger partial charge in [-0.05, 0) is 57.4 Å². The van der Waals surface area contributed by atoms with Crippen molar-refractivity contribution in [1.82, 2.24) is 4.90 Å². The fourth-order valence-corrected chi connectivity index (χ4v) is 4.22. The van der Waals surface area contributed by atoms with Crippen molar-refractivity contribution < 1.29 is 0 Å². The topological polar surface area (TPSA) is 3.24 Å². The van der Waals surface area contributed by atoms with Gasteiger partial charge in [-0.3, -0.25) is 4.90 Å². The van der Waals surface area contributed by atoms with Crippen molar-refractivity contribution in [2.45, 2.75) is 63.5 Å². The smallest absolute Gasteiger partial charge is 0.0403 e. The van der Waals surface area contributed by atoms with E-state index in [-0.39, 0.29) is 0 Å². The van der Waals surface area contributed by atoms with Crippen LogP contribution in [0.2, 0.25) is 0 Å². The molecule has 98 valence electrons. The van der Waals surface area contributed by atoms with E-state index in [9.17, 15) is 0 Å². The second-order valence-corrected chi connectivity index (χ2v) is 6.50. The van der Waals surface area contributed by atoms with Gasteiger partial charge in [-0.1, -0.05) is 30.4 Å². The second-order valence-electron chi connectivity index (χ2n) is 6.50. The molecule has 2 fully saturated rings. The molecule has 1 nitrogen and oxygen atoms in total. The monoisotopic (exact) mass is 243 g/mol. The average molecular weight is 243 g/mol. The van der Waals surface area contributed by atoms with Crippen LogP contribution < -0.4 is 0 Å². The molecule has 1 spiro atoms. The Balaban J connectivity index is 1.88. The molecule has 0 radical (unpaired) electrons.